The molecule has 104 valence electrons. The number of pyridine rings is 1. The maximum atomic E-state index is 5.59. The summed E-state index contributed by atoms with van der Waals surface area (Å²) in [6, 6.07) is 7.37. The van der Waals surface area contributed by atoms with Crippen LogP contribution < -0.4 is 9.47 Å². The Balaban J connectivity index is 2.09. The second-order valence-electron chi connectivity index (χ2n) is 4.33. The first-order chi connectivity index (χ1) is 10.3. The minimum atomic E-state index is 0.182. The predicted octanol–water partition coefficient (Wildman–Crippen LogP) is 2.65. The lowest BCUT2D eigenvalue weighted by Gasteiger charge is -2.09. The standard InChI is InChI=1S/C16H13N3O2/c1-3-8-21-15-9-11(20-2)4-5-12(15)16-18-13-6-7-17-10-14(13)19-16/h1,4-7,9-10H,8H2,2H3,(H,18,19). The topological polar surface area (TPSA) is 60.0 Å². The highest BCUT2D eigenvalue weighted by Gasteiger charge is 2.12. The van der Waals surface area contributed by atoms with Crippen molar-refractivity contribution in [1.82, 2.24) is 15.0 Å². The number of nitrogens with zero attached hydrogens (tertiary/aromatic N) is 2. The van der Waals surface area contributed by atoms with E-state index < -0.39 is 0 Å². The number of rotatable bonds is 4. The number of fused-ring (bicyclic) bond motifs is 1. The van der Waals surface area contributed by atoms with Gasteiger partial charge in [-0.05, 0) is 18.2 Å². The van der Waals surface area contributed by atoms with Gasteiger partial charge in [0.1, 0.15) is 23.9 Å². The Bertz CT molecular complexity index is 785. The normalized spacial score (nSPS) is 10.3. The van der Waals surface area contributed by atoms with Crippen molar-refractivity contribution < 1.29 is 9.47 Å². The van der Waals surface area contributed by atoms with Crippen molar-refractivity contribution in [3.05, 3.63) is 36.7 Å². The van der Waals surface area contributed by atoms with Crippen LogP contribution in [0.4, 0.5) is 0 Å². The number of aromatic amines is 1. The summed E-state index contributed by atoms with van der Waals surface area (Å²) >= 11 is 0. The number of hydrogen-bond donors (Lipinski definition) is 1. The van der Waals surface area contributed by atoms with Crippen LogP contribution in [0, 0.1) is 12.3 Å². The van der Waals surface area contributed by atoms with Crippen molar-refractivity contribution in [2.75, 3.05) is 13.7 Å². The molecule has 0 saturated heterocycles. The minimum Gasteiger partial charge on any atom is -0.497 e. The van der Waals surface area contributed by atoms with Gasteiger partial charge in [-0.2, -0.15) is 0 Å². The summed E-state index contributed by atoms with van der Waals surface area (Å²) in [5, 5.41) is 0. The molecule has 0 fully saturated rings. The highest BCUT2D eigenvalue weighted by atomic mass is 16.5. The average Bonchev–Trinajstić information content (AvgIpc) is 2.96. The van der Waals surface area contributed by atoms with Crippen LogP contribution >= 0.6 is 0 Å². The highest BCUT2D eigenvalue weighted by Crippen LogP contribution is 2.32. The van der Waals surface area contributed by atoms with E-state index in [1.165, 1.54) is 0 Å². The van der Waals surface area contributed by atoms with Gasteiger partial charge in [-0.25, -0.2) is 4.98 Å². The molecule has 5 nitrogen and oxygen atoms in total. The van der Waals surface area contributed by atoms with E-state index in [1.54, 1.807) is 25.6 Å². The fraction of sp³-hybridized carbons (Fsp3) is 0.125. The van der Waals surface area contributed by atoms with Gasteiger partial charge in [-0.3, -0.25) is 4.98 Å². The first-order valence-corrected chi connectivity index (χ1v) is 6.36. The lowest BCUT2D eigenvalue weighted by Crippen LogP contribution is -1.97. The molecule has 0 unspecified atom stereocenters. The van der Waals surface area contributed by atoms with Crippen molar-refractivity contribution in [3.8, 4) is 35.2 Å². The van der Waals surface area contributed by atoms with Gasteiger partial charge in [0.2, 0.25) is 0 Å². The lowest BCUT2D eigenvalue weighted by molar-refractivity contribution is 0.364. The molecule has 0 spiro atoms. The summed E-state index contributed by atoms with van der Waals surface area (Å²) in [7, 11) is 1.60. The fourth-order valence-electron chi connectivity index (χ4n) is 2.05. The van der Waals surface area contributed by atoms with Crippen molar-refractivity contribution in [1.29, 1.82) is 0 Å². The van der Waals surface area contributed by atoms with E-state index in [2.05, 4.69) is 20.9 Å². The van der Waals surface area contributed by atoms with Crippen LogP contribution in [0.5, 0.6) is 11.5 Å². The molecule has 2 heterocycles. The monoisotopic (exact) mass is 279 g/mol. The van der Waals surface area contributed by atoms with Crippen LogP contribution in [0.1, 0.15) is 0 Å². The zero-order valence-corrected chi connectivity index (χ0v) is 11.5. The third kappa shape index (κ3) is 2.51. The molecule has 0 amide bonds. The van der Waals surface area contributed by atoms with Gasteiger partial charge >= 0.3 is 0 Å². The second-order valence-corrected chi connectivity index (χ2v) is 4.33. The van der Waals surface area contributed by atoms with Gasteiger partial charge in [-0.1, -0.05) is 5.92 Å². The van der Waals surface area contributed by atoms with Gasteiger partial charge in [0, 0.05) is 12.3 Å². The number of terminal acetylenes is 1. The van der Waals surface area contributed by atoms with E-state index in [-0.39, 0.29) is 6.61 Å². The number of aromatic nitrogens is 3. The Morgan fingerprint density at radius 1 is 1.33 bits per heavy atom. The third-order valence-corrected chi connectivity index (χ3v) is 3.04. The van der Waals surface area contributed by atoms with Crippen molar-refractivity contribution in [2.45, 2.75) is 0 Å². The Morgan fingerprint density at radius 3 is 3.00 bits per heavy atom. The Hall–Kier alpha value is -3.00. The molecule has 0 bridgehead atoms. The molecule has 1 aromatic carbocycles. The van der Waals surface area contributed by atoms with E-state index in [1.807, 2.05) is 18.2 Å². The molecule has 3 aromatic rings. The van der Waals surface area contributed by atoms with Gasteiger partial charge in [0.25, 0.3) is 0 Å². The summed E-state index contributed by atoms with van der Waals surface area (Å²) in [5.74, 6) is 4.48. The van der Waals surface area contributed by atoms with E-state index in [9.17, 15) is 0 Å². The van der Waals surface area contributed by atoms with E-state index >= 15 is 0 Å². The van der Waals surface area contributed by atoms with Crippen LogP contribution in [-0.4, -0.2) is 28.7 Å². The summed E-state index contributed by atoms with van der Waals surface area (Å²) in [6.07, 6.45) is 8.70. The molecular weight excluding hydrogens is 266 g/mol. The molecule has 0 atom stereocenters. The summed E-state index contributed by atoms with van der Waals surface area (Å²) < 4.78 is 10.8. The van der Waals surface area contributed by atoms with Gasteiger partial charge in [0.15, 0.2) is 0 Å². The summed E-state index contributed by atoms with van der Waals surface area (Å²) in [4.78, 5) is 11.8. The van der Waals surface area contributed by atoms with Gasteiger partial charge in [0.05, 0.1) is 29.9 Å². The number of nitrogens with one attached hydrogen (secondary N) is 1. The SMILES string of the molecule is C#CCOc1cc(OC)ccc1-c1nc2ccncc2[nH]1. The first kappa shape index (κ1) is 13.0. The molecule has 3 rings (SSSR count). The number of ether oxygens (including phenoxy) is 2. The van der Waals surface area contributed by atoms with Crippen LogP contribution in [0.25, 0.3) is 22.4 Å². The summed E-state index contributed by atoms with van der Waals surface area (Å²) in [6.45, 7) is 0.182. The molecule has 0 aliphatic rings. The van der Waals surface area contributed by atoms with E-state index in [0.29, 0.717) is 17.3 Å². The van der Waals surface area contributed by atoms with Gasteiger partial charge < -0.3 is 14.5 Å². The average molecular weight is 279 g/mol. The maximum Gasteiger partial charge on any atom is 0.148 e. The zero-order valence-electron chi connectivity index (χ0n) is 11.5. The van der Waals surface area contributed by atoms with Crippen molar-refractivity contribution in [2.24, 2.45) is 0 Å². The molecule has 0 radical (unpaired) electrons. The molecule has 1 N–H and O–H groups in total. The molecule has 0 aliphatic heterocycles. The van der Waals surface area contributed by atoms with Crippen LogP contribution in [-0.2, 0) is 0 Å². The zero-order chi connectivity index (χ0) is 14.7. The minimum absolute atomic E-state index is 0.182. The Labute approximate surface area is 122 Å². The number of H-pyrrole nitrogens is 1. The molecular formula is C16H13N3O2. The third-order valence-electron chi connectivity index (χ3n) is 3.04. The fourth-order valence-corrected chi connectivity index (χ4v) is 2.05. The molecule has 0 aliphatic carbocycles. The molecule has 21 heavy (non-hydrogen) atoms. The predicted molar refractivity (Wildman–Crippen MR) is 80.2 cm³/mol. The largest absolute Gasteiger partial charge is 0.497 e. The highest BCUT2D eigenvalue weighted by molar-refractivity contribution is 5.80. The lowest BCUT2D eigenvalue weighted by atomic mass is 10.2. The number of hydrogen-bond acceptors (Lipinski definition) is 4. The quantitative estimate of drug-likeness (QED) is 0.746. The molecule has 2 aromatic heterocycles. The van der Waals surface area contributed by atoms with E-state index in [0.717, 1.165) is 16.6 Å². The van der Waals surface area contributed by atoms with Crippen LogP contribution in [0.2, 0.25) is 0 Å². The Morgan fingerprint density at radius 2 is 2.24 bits per heavy atom. The van der Waals surface area contributed by atoms with Crippen molar-refractivity contribution in [3.63, 3.8) is 0 Å². The first-order valence-electron chi connectivity index (χ1n) is 6.36. The van der Waals surface area contributed by atoms with Crippen LogP contribution in [0.3, 0.4) is 0 Å². The van der Waals surface area contributed by atoms with E-state index in [4.69, 9.17) is 15.9 Å². The Kier molecular flexibility index (Phi) is 3.44. The second kappa shape index (κ2) is 5.55. The number of imidazole rings is 1. The molecule has 5 heteroatoms. The summed E-state index contributed by atoms with van der Waals surface area (Å²) in [5.41, 5.74) is 2.53. The van der Waals surface area contributed by atoms with Gasteiger partial charge in [-0.15, -0.1) is 6.42 Å². The van der Waals surface area contributed by atoms with Crippen LogP contribution in [0.15, 0.2) is 36.7 Å². The molecule has 0 saturated carbocycles. The number of methoxy groups -OCH3 is 1. The smallest absolute Gasteiger partial charge is 0.148 e. The maximum absolute atomic E-state index is 5.59. The number of benzene rings is 1. The van der Waals surface area contributed by atoms with Crippen molar-refractivity contribution >= 4 is 11.0 Å².